The second kappa shape index (κ2) is 12.0. The van der Waals surface area contributed by atoms with Gasteiger partial charge in [-0.15, -0.1) is 0 Å². The van der Waals surface area contributed by atoms with Crippen LogP contribution in [0.25, 0.3) is 6.08 Å². The molecule has 9 nitrogen and oxygen atoms in total. The number of urea groups is 1. The molecule has 0 spiro atoms. The molecule has 1 fully saturated rings. The lowest BCUT2D eigenvalue weighted by Crippen LogP contribution is -2.54. The van der Waals surface area contributed by atoms with E-state index in [9.17, 15) is 19.2 Å². The Labute approximate surface area is 233 Å². The number of barbiturate groups is 1. The number of hydrogen-bond acceptors (Lipinski definition) is 7. The standard InChI is InChI=1S/C28H22Cl2N2O7/c1-3-38-27(35)18-7-9-20(10-8-18)32-26(34)21(25(33)31-28(32)36)12-17-13-22(30)24(23(14-17)37-2)39-15-16-5-4-6-19(29)11-16/h4-14H,3,15H2,1-2H3,(H,31,33,36)/b21-12+. The number of methoxy groups -OCH3 is 1. The fourth-order valence-electron chi connectivity index (χ4n) is 3.77. The van der Waals surface area contributed by atoms with Gasteiger partial charge in [-0.2, -0.15) is 0 Å². The third-order valence-corrected chi connectivity index (χ3v) is 6.09. The van der Waals surface area contributed by atoms with Gasteiger partial charge in [0.25, 0.3) is 11.8 Å². The quantitative estimate of drug-likeness (QED) is 0.219. The highest BCUT2D eigenvalue weighted by atomic mass is 35.5. The Morgan fingerprint density at radius 1 is 1.03 bits per heavy atom. The molecule has 4 amide bonds. The number of hydrogen-bond donors (Lipinski definition) is 1. The Morgan fingerprint density at radius 2 is 1.77 bits per heavy atom. The first-order valence-electron chi connectivity index (χ1n) is 11.6. The summed E-state index contributed by atoms with van der Waals surface area (Å²) in [4.78, 5) is 51.1. The minimum atomic E-state index is -0.925. The molecular formula is C28H22Cl2N2O7. The van der Waals surface area contributed by atoms with E-state index in [2.05, 4.69) is 5.32 Å². The minimum Gasteiger partial charge on any atom is -0.493 e. The summed E-state index contributed by atoms with van der Waals surface area (Å²) in [6.45, 7) is 2.05. The first-order chi connectivity index (χ1) is 18.7. The summed E-state index contributed by atoms with van der Waals surface area (Å²) in [5.74, 6) is -1.74. The summed E-state index contributed by atoms with van der Waals surface area (Å²) >= 11 is 12.5. The number of rotatable bonds is 8. The van der Waals surface area contributed by atoms with Crippen LogP contribution in [0.1, 0.15) is 28.4 Å². The van der Waals surface area contributed by atoms with E-state index in [1.807, 2.05) is 6.07 Å². The van der Waals surface area contributed by atoms with Gasteiger partial charge in [-0.05, 0) is 72.7 Å². The van der Waals surface area contributed by atoms with Gasteiger partial charge in [0.05, 0.1) is 30.0 Å². The van der Waals surface area contributed by atoms with Gasteiger partial charge in [0.2, 0.25) is 0 Å². The number of nitrogens with zero attached hydrogens (tertiary/aromatic N) is 1. The number of imide groups is 2. The highest BCUT2D eigenvalue weighted by Gasteiger charge is 2.37. The maximum atomic E-state index is 13.3. The zero-order chi connectivity index (χ0) is 28.1. The number of anilines is 1. The lowest BCUT2D eigenvalue weighted by molar-refractivity contribution is -0.122. The predicted molar refractivity (Wildman–Crippen MR) is 145 cm³/mol. The molecule has 11 heteroatoms. The molecule has 0 saturated carbocycles. The van der Waals surface area contributed by atoms with Crippen LogP contribution in [0.15, 0.2) is 66.2 Å². The van der Waals surface area contributed by atoms with E-state index in [-0.39, 0.29) is 46.6 Å². The molecule has 0 aromatic heterocycles. The predicted octanol–water partition coefficient (Wildman–Crippen LogP) is 5.42. The number of benzene rings is 3. The van der Waals surface area contributed by atoms with Crippen molar-refractivity contribution in [2.75, 3.05) is 18.6 Å². The second-order valence-electron chi connectivity index (χ2n) is 8.18. The van der Waals surface area contributed by atoms with Crippen molar-refractivity contribution in [3.63, 3.8) is 0 Å². The maximum absolute atomic E-state index is 13.3. The van der Waals surface area contributed by atoms with Gasteiger partial charge < -0.3 is 14.2 Å². The molecule has 1 aliphatic rings. The average Bonchev–Trinajstić information content (AvgIpc) is 2.90. The van der Waals surface area contributed by atoms with E-state index in [0.29, 0.717) is 10.6 Å². The van der Waals surface area contributed by atoms with E-state index in [4.69, 9.17) is 37.4 Å². The van der Waals surface area contributed by atoms with Crippen molar-refractivity contribution in [1.82, 2.24) is 5.32 Å². The number of nitrogens with one attached hydrogen (secondary N) is 1. The number of amides is 4. The molecule has 1 aliphatic heterocycles. The second-order valence-corrected chi connectivity index (χ2v) is 9.02. The molecular weight excluding hydrogens is 547 g/mol. The SMILES string of the molecule is CCOC(=O)c1ccc(N2C(=O)NC(=O)/C(=C\c3cc(Cl)c(OCc4cccc(Cl)c4)c(OC)c3)C2=O)cc1. The molecule has 1 saturated heterocycles. The van der Waals surface area contributed by atoms with E-state index in [0.717, 1.165) is 10.5 Å². The Hall–Kier alpha value is -4.34. The van der Waals surface area contributed by atoms with E-state index in [1.165, 1.54) is 43.5 Å². The molecule has 1 N–H and O–H groups in total. The van der Waals surface area contributed by atoms with Crippen molar-refractivity contribution in [3.05, 3.63) is 93.0 Å². The summed E-state index contributed by atoms with van der Waals surface area (Å²) in [7, 11) is 1.42. The molecule has 1 heterocycles. The largest absolute Gasteiger partial charge is 0.493 e. The zero-order valence-corrected chi connectivity index (χ0v) is 22.3. The smallest absolute Gasteiger partial charge is 0.338 e. The van der Waals surface area contributed by atoms with Crippen molar-refractivity contribution in [3.8, 4) is 11.5 Å². The Kier molecular flexibility index (Phi) is 8.53. The van der Waals surface area contributed by atoms with E-state index >= 15 is 0 Å². The van der Waals surface area contributed by atoms with Crippen LogP contribution >= 0.6 is 23.2 Å². The van der Waals surface area contributed by atoms with Crippen LogP contribution in [0, 0.1) is 0 Å². The van der Waals surface area contributed by atoms with Crippen LogP contribution in [0.5, 0.6) is 11.5 Å². The third kappa shape index (κ3) is 6.22. The van der Waals surface area contributed by atoms with Crippen LogP contribution in [-0.4, -0.2) is 37.5 Å². The lowest BCUT2D eigenvalue weighted by Gasteiger charge is -2.26. The third-order valence-electron chi connectivity index (χ3n) is 5.57. The Morgan fingerprint density at radius 3 is 2.44 bits per heavy atom. The number of carbonyl (C=O) groups excluding carboxylic acids is 4. The van der Waals surface area contributed by atoms with Crippen molar-refractivity contribution < 1.29 is 33.4 Å². The molecule has 39 heavy (non-hydrogen) atoms. The van der Waals surface area contributed by atoms with Crippen LogP contribution in [0.3, 0.4) is 0 Å². The maximum Gasteiger partial charge on any atom is 0.338 e. The molecule has 3 aromatic rings. The number of carbonyl (C=O) groups is 4. The first kappa shape index (κ1) is 27.7. The van der Waals surface area contributed by atoms with Crippen molar-refractivity contribution in [2.45, 2.75) is 13.5 Å². The van der Waals surface area contributed by atoms with Gasteiger partial charge in [-0.25, -0.2) is 14.5 Å². The van der Waals surface area contributed by atoms with Crippen LogP contribution < -0.4 is 19.7 Å². The number of halogens is 2. The van der Waals surface area contributed by atoms with Crippen molar-refractivity contribution in [1.29, 1.82) is 0 Å². The highest BCUT2D eigenvalue weighted by Crippen LogP contribution is 2.38. The van der Waals surface area contributed by atoms with Gasteiger partial charge in [-0.3, -0.25) is 14.9 Å². The Bertz CT molecular complexity index is 1490. The minimum absolute atomic E-state index is 0.157. The van der Waals surface area contributed by atoms with Gasteiger partial charge in [-0.1, -0.05) is 35.3 Å². The first-order valence-corrected chi connectivity index (χ1v) is 12.4. The van der Waals surface area contributed by atoms with Gasteiger partial charge in [0.1, 0.15) is 12.2 Å². The monoisotopic (exact) mass is 568 g/mol. The topological polar surface area (TPSA) is 111 Å². The fraction of sp³-hybridized carbons (Fsp3) is 0.143. The molecule has 0 radical (unpaired) electrons. The van der Waals surface area contributed by atoms with E-state index < -0.39 is 23.8 Å². The summed E-state index contributed by atoms with van der Waals surface area (Å²) in [6, 6.07) is 14.9. The molecule has 200 valence electrons. The lowest BCUT2D eigenvalue weighted by atomic mass is 10.1. The summed E-state index contributed by atoms with van der Waals surface area (Å²) < 4.78 is 16.2. The number of esters is 1. The number of ether oxygens (including phenoxy) is 3. The molecule has 0 atom stereocenters. The van der Waals surface area contributed by atoms with E-state index in [1.54, 1.807) is 31.2 Å². The van der Waals surface area contributed by atoms with Crippen molar-refractivity contribution >= 4 is 58.8 Å². The fourth-order valence-corrected chi connectivity index (χ4v) is 4.25. The zero-order valence-electron chi connectivity index (χ0n) is 20.8. The normalized spacial score (nSPS) is 14.3. The summed E-state index contributed by atoms with van der Waals surface area (Å²) in [5.41, 5.74) is 1.27. The molecule has 3 aromatic carbocycles. The molecule has 0 bridgehead atoms. The van der Waals surface area contributed by atoms with Gasteiger partial charge >= 0.3 is 12.0 Å². The van der Waals surface area contributed by atoms with Crippen LogP contribution in [0.4, 0.5) is 10.5 Å². The molecule has 0 aliphatic carbocycles. The summed E-state index contributed by atoms with van der Waals surface area (Å²) in [5, 5.41) is 2.89. The molecule has 0 unspecified atom stereocenters. The summed E-state index contributed by atoms with van der Waals surface area (Å²) in [6.07, 6.45) is 1.29. The molecule has 4 rings (SSSR count). The highest BCUT2D eigenvalue weighted by molar-refractivity contribution is 6.39. The van der Waals surface area contributed by atoms with Crippen LogP contribution in [0.2, 0.25) is 10.0 Å². The van der Waals surface area contributed by atoms with Gasteiger partial charge in [0.15, 0.2) is 11.5 Å². The average molecular weight is 569 g/mol. The Balaban J connectivity index is 1.60. The van der Waals surface area contributed by atoms with Crippen molar-refractivity contribution in [2.24, 2.45) is 0 Å². The van der Waals surface area contributed by atoms with Crippen LogP contribution in [-0.2, 0) is 20.9 Å². The van der Waals surface area contributed by atoms with Gasteiger partial charge in [0, 0.05) is 5.02 Å².